The van der Waals surface area contributed by atoms with Gasteiger partial charge in [0.1, 0.15) is 5.82 Å². The number of aromatic nitrogens is 1. The summed E-state index contributed by atoms with van der Waals surface area (Å²) in [7, 11) is 0. The van der Waals surface area contributed by atoms with Crippen LogP contribution in [0.3, 0.4) is 0 Å². The number of anilines is 1. The number of halogens is 3. The maximum atomic E-state index is 12.4. The molecule has 3 N–H and O–H groups in total. The lowest BCUT2D eigenvalue weighted by atomic mass is 9.98. The first kappa shape index (κ1) is 20.9. The molecular weight excluding hydrogens is 347 g/mol. The van der Waals surface area contributed by atoms with E-state index in [1.54, 1.807) is 0 Å². The van der Waals surface area contributed by atoms with Crippen molar-refractivity contribution in [2.75, 3.05) is 44.3 Å². The van der Waals surface area contributed by atoms with Gasteiger partial charge in [-0.1, -0.05) is 0 Å². The van der Waals surface area contributed by atoms with Crippen molar-refractivity contribution in [3.8, 4) is 0 Å². The molecule has 0 amide bonds. The second kappa shape index (κ2) is 10.1. The second-order valence-corrected chi connectivity index (χ2v) is 6.89. The summed E-state index contributed by atoms with van der Waals surface area (Å²) in [5.74, 6) is 1.45. The molecule has 2 saturated heterocycles. The van der Waals surface area contributed by atoms with Crippen LogP contribution in [0.15, 0.2) is 18.3 Å². The summed E-state index contributed by atoms with van der Waals surface area (Å²) < 4.78 is 37.1. The Kier molecular flexibility index (Phi) is 8.12. The van der Waals surface area contributed by atoms with Gasteiger partial charge < -0.3 is 20.4 Å². The van der Waals surface area contributed by atoms with Gasteiger partial charge in [0, 0.05) is 32.5 Å². The Labute approximate surface area is 152 Å². The van der Waals surface area contributed by atoms with E-state index in [1.807, 2.05) is 4.90 Å². The van der Waals surface area contributed by atoms with E-state index in [0.717, 1.165) is 64.1 Å². The van der Waals surface area contributed by atoms with E-state index in [0.29, 0.717) is 24.3 Å². The summed E-state index contributed by atoms with van der Waals surface area (Å²) in [6.07, 6.45) is 0.522. The zero-order valence-corrected chi connectivity index (χ0v) is 14.9. The highest BCUT2D eigenvalue weighted by Crippen LogP contribution is 2.30. The molecule has 3 heterocycles. The number of aliphatic hydroxyl groups is 2. The van der Waals surface area contributed by atoms with Crippen molar-refractivity contribution in [3.63, 3.8) is 0 Å². The maximum Gasteiger partial charge on any atom is 0.417 e. The largest absolute Gasteiger partial charge is 0.417 e. The highest BCUT2D eigenvalue weighted by Gasteiger charge is 2.31. The van der Waals surface area contributed by atoms with E-state index in [2.05, 4.69) is 10.3 Å². The van der Waals surface area contributed by atoms with E-state index in [1.165, 1.54) is 6.07 Å². The van der Waals surface area contributed by atoms with Crippen LogP contribution < -0.4 is 10.2 Å². The van der Waals surface area contributed by atoms with Crippen LogP contribution in [0.5, 0.6) is 0 Å². The first-order valence-corrected chi connectivity index (χ1v) is 9.14. The van der Waals surface area contributed by atoms with Crippen LogP contribution in [0.1, 0.15) is 31.2 Å². The smallest absolute Gasteiger partial charge is 0.396 e. The predicted octanol–water partition coefficient (Wildman–Crippen LogP) is 2.29. The average Bonchev–Trinajstić information content (AvgIpc) is 2.68. The zero-order chi connectivity index (χ0) is 19.0. The lowest BCUT2D eigenvalue weighted by molar-refractivity contribution is -0.137. The molecule has 0 bridgehead atoms. The molecule has 0 aromatic carbocycles. The van der Waals surface area contributed by atoms with Crippen LogP contribution in [0.25, 0.3) is 0 Å². The minimum absolute atomic E-state index is 0.175. The van der Waals surface area contributed by atoms with Crippen molar-refractivity contribution in [1.82, 2.24) is 10.3 Å². The summed E-state index contributed by atoms with van der Waals surface area (Å²) in [4.78, 5) is 5.81. The average molecular weight is 375 g/mol. The van der Waals surface area contributed by atoms with Crippen molar-refractivity contribution in [3.05, 3.63) is 23.9 Å². The summed E-state index contributed by atoms with van der Waals surface area (Å²) in [5.41, 5.74) is -0.725. The number of aliphatic hydroxyl groups excluding tert-OH is 2. The maximum absolute atomic E-state index is 12.4. The lowest BCUT2D eigenvalue weighted by Gasteiger charge is -2.32. The Morgan fingerprint density at radius 3 is 2.00 bits per heavy atom. The van der Waals surface area contributed by atoms with Crippen LogP contribution in [-0.2, 0) is 6.18 Å². The number of alkyl halides is 3. The molecule has 1 aromatic heterocycles. The molecule has 3 rings (SSSR count). The molecule has 0 saturated carbocycles. The van der Waals surface area contributed by atoms with Gasteiger partial charge in [0.05, 0.1) is 5.56 Å². The number of hydrogen-bond donors (Lipinski definition) is 3. The Bertz CT molecular complexity index is 511. The lowest BCUT2D eigenvalue weighted by Crippen LogP contribution is -2.35. The van der Waals surface area contributed by atoms with Gasteiger partial charge in [0.25, 0.3) is 0 Å². The SMILES string of the molecule is OCC1CCN(c2ccc(C(F)(F)F)cn2)CC1.OCC1CCNCC1. The van der Waals surface area contributed by atoms with Crippen molar-refractivity contribution in [2.24, 2.45) is 11.8 Å². The normalized spacial score (nSPS) is 19.8. The number of rotatable bonds is 3. The van der Waals surface area contributed by atoms with E-state index in [4.69, 9.17) is 10.2 Å². The van der Waals surface area contributed by atoms with Crippen LogP contribution in [0.4, 0.5) is 19.0 Å². The second-order valence-electron chi connectivity index (χ2n) is 6.89. The van der Waals surface area contributed by atoms with E-state index >= 15 is 0 Å². The molecule has 0 aliphatic carbocycles. The van der Waals surface area contributed by atoms with Crippen molar-refractivity contribution in [2.45, 2.75) is 31.9 Å². The first-order chi connectivity index (χ1) is 12.4. The molecular formula is C18H28F3N3O2. The van der Waals surface area contributed by atoms with Gasteiger partial charge in [-0.25, -0.2) is 4.98 Å². The molecule has 0 spiro atoms. The molecule has 1 aromatic rings. The molecule has 0 unspecified atom stereocenters. The summed E-state index contributed by atoms with van der Waals surface area (Å²) in [5, 5.41) is 20.9. The highest BCUT2D eigenvalue weighted by atomic mass is 19.4. The van der Waals surface area contributed by atoms with Gasteiger partial charge in [-0.05, 0) is 62.7 Å². The Morgan fingerprint density at radius 1 is 1.00 bits per heavy atom. The number of hydrogen-bond acceptors (Lipinski definition) is 5. The van der Waals surface area contributed by atoms with Crippen LogP contribution in [0, 0.1) is 11.8 Å². The Morgan fingerprint density at radius 2 is 1.58 bits per heavy atom. The molecule has 2 aliphatic heterocycles. The fourth-order valence-electron chi connectivity index (χ4n) is 3.15. The quantitative estimate of drug-likeness (QED) is 0.756. The van der Waals surface area contributed by atoms with E-state index in [9.17, 15) is 13.2 Å². The number of nitrogens with zero attached hydrogens (tertiary/aromatic N) is 2. The molecule has 26 heavy (non-hydrogen) atoms. The summed E-state index contributed by atoms with van der Waals surface area (Å²) >= 11 is 0. The number of pyridine rings is 1. The summed E-state index contributed by atoms with van der Waals surface area (Å²) in [6, 6.07) is 2.46. The minimum Gasteiger partial charge on any atom is -0.396 e. The number of nitrogens with one attached hydrogen (secondary N) is 1. The van der Waals surface area contributed by atoms with Crippen molar-refractivity contribution < 1.29 is 23.4 Å². The Hall–Kier alpha value is -1.38. The highest BCUT2D eigenvalue weighted by molar-refractivity contribution is 5.40. The van der Waals surface area contributed by atoms with E-state index < -0.39 is 11.7 Å². The summed E-state index contributed by atoms with van der Waals surface area (Å²) in [6.45, 7) is 4.18. The Balaban J connectivity index is 0.000000254. The van der Waals surface area contributed by atoms with E-state index in [-0.39, 0.29) is 6.61 Å². The third-order valence-electron chi connectivity index (χ3n) is 4.99. The third kappa shape index (κ3) is 6.41. The zero-order valence-electron chi connectivity index (χ0n) is 14.9. The van der Waals surface area contributed by atoms with Gasteiger partial charge >= 0.3 is 6.18 Å². The fourth-order valence-corrected chi connectivity index (χ4v) is 3.15. The van der Waals surface area contributed by atoms with Crippen molar-refractivity contribution >= 4 is 5.82 Å². The first-order valence-electron chi connectivity index (χ1n) is 9.14. The molecule has 0 radical (unpaired) electrons. The molecule has 5 nitrogen and oxygen atoms in total. The molecule has 148 valence electrons. The van der Waals surface area contributed by atoms with Gasteiger partial charge in [0.2, 0.25) is 0 Å². The standard InChI is InChI=1S/C12H15F3N2O.C6H13NO/c13-12(14,15)10-1-2-11(16-7-10)17-5-3-9(8-18)4-6-17;8-5-6-1-3-7-4-2-6/h1-2,7,9,18H,3-6,8H2;6-8H,1-5H2. The van der Waals surface area contributed by atoms with Crippen molar-refractivity contribution in [1.29, 1.82) is 0 Å². The third-order valence-corrected chi connectivity index (χ3v) is 4.99. The predicted molar refractivity (Wildman–Crippen MR) is 93.9 cm³/mol. The fraction of sp³-hybridized carbons (Fsp3) is 0.722. The molecule has 0 atom stereocenters. The van der Waals surface area contributed by atoms with Crippen LogP contribution >= 0.6 is 0 Å². The van der Waals surface area contributed by atoms with Gasteiger partial charge in [-0.2, -0.15) is 13.2 Å². The monoisotopic (exact) mass is 375 g/mol. The molecule has 2 aliphatic rings. The number of piperidine rings is 2. The van der Waals surface area contributed by atoms with Gasteiger partial charge in [-0.3, -0.25) is 0 Å². The topological polar surface area (TPSA) is 68.6 Å². The van der Waals surface area contributed by atoms with Gasteiger partial charge in [0.15, 0.2) is 0 Å². The van der Waals surface area contributed by atoms with Crippen LogP contribution in [0.2, 0.25) is 0 Å². The van der Waals surface area contributed by atoms with Gasteiger partial charge in [-0.15, -0.1) is 0 Å². The molecule has 2 fully saturated rings. The minimum atomic E-state index is -4.34. The van der Waals surface area contributed by atoms with Crippen LogP contribution in [-0.4, -0.2) is 54.6 Å². The molecule has 8 heteroatoms.